The number of hydrogen-bond donors (Lipinski definition) is 2. The summed E-state index contributed by atoms with van der Waals surface area (Å²) in [6.07, 6.45) is 2.33. The molecule has 0 aliphatic heterocycles. The van der Waals surface area contributed by atoms with Gasteiger partial charge in [-0.3, -0.25) is 9.59 Å². The minimum absolute atomic E-state index is 0.139. The van der Waals surface area contributed by atoms with Gasteiger partial charge in [-0.25, -0.2) is 4.98 Å². The monoisotopic (exact) mass is 329 g/mol. The maximum Gasteiger partial charge on any atom is 0.267 e. The van der Waals surface area contributed by atoms with Crippen molar-refractivity contribution in [2.24, 2.45) is 11.5 Å². The van der Waals surface area contributed by atoms with E-state index in [0.29, 0.717) is 29.9 Å². The minimum Gasteiger partial charge on any atom is -0.493 e. The molecule has 126 valence electrons. The minimum atomic E-state index is -0.645. The fourth-order valence-electron chi connectivity index (χ4n) is 2.37. The van der Waals surface area contributed by atoms with E-state index in [1.54, 1.807) is 26.4 Å². The Morgan fingerprint density at radius 2 is 1.71 bits per heavy atom. The van der Waals surface area contributed by atoms with Gasteiger partial charge in [-0.1, -0.05) is 6.07 Å². The number of rotatable bonds is 7. The normalized spacial score (nSPS) is 10.2. The Morgan fingerprint density at radius 3 is 2.29 bits per heavy atom. The Bertz CT molecular complexity index is 774. The molecule has 0 radical (unpaired) electrons. The number of hydrogen-bond acceptors (Lipinski definition) is 5. The molecule has 0 bridgehead atoms. The Hall–Kier alpha value is -3.09. The lowest BCUT2D eigenvalue weighted by atomic mass is 10.0. The zero-order valence-electron chi connectivity index (χ0n) is 13.5. The summed E-state index contributed by atoms with van der Waals surface area (Å²) < 4.78 is 10.5. The van der Waals surface area contributed by atoms with Crippen LogP contribution in [0.1, 0.15) is 32.0 Å². The molecule has 1 aromatic carbocycles. The highest BCUT2D eigenvalue weighted by Crippen LogP contribution is 2.28. The third-order valence-electron chi connectivity index (χ3n) is 3.62. The van der Waals surface area contributed by atoms with Crippen LogP contribution in [0.4, 0.5) is 0 Å². The van der Waals surface area contributed by atoms with E-state index in [4.69, 9.17) is 20.9 Å². The van der Waals surface area contributed by atoms with Crippen LogP contribution >= 0.6 is 0 Å². The third-order valence-corrected chi connectivity index (χ3v) is 3.62. The maximum atomic E-state index is 11.5. The molecule has 0 aliphatic rings. The van der Waals surface area contributed by atoms with Crippen LogP contribution in [0, 0.1) is 0 Å². The number of pyridine rings is 1. The number of ether oxygens (including phenoxy) is 2. The lowest BCUT2D eigenvalue weighted by Crippen LogP contribution is -2.19. The van der Waals surface area contributed by atoms with Crippen LogP contribution in [0.15, 0.2) is 30.5 Å². The molecule has 0 saturated heterocycles. The molecule has 7 heteroatoms. The van der Waals surface area contributed by atoms with Gasteiger partial charge in [0, 0.05) is 6.20 Å². The molecule has 0 atom stereocenters. The second-order valence-electron chi connectivity index (χ2n) is 5.15. The Morgan fingerprint density at radius 1 is 1.00 bits per heavy atom. The van der Waals surface area contributed by atoms with Crippen molar-refractivity contribution in [3.05, 3.63) is 52.8 Å². The standard InChI is InChI=1S/C17H19N3O4/c1-23-13-6-4-10(7-14(13)24-2)3-5-11-8-12(16(18)21)9-20-15(11)17(19)22/h4,6-9H,3,5H2,1-2H3,(H2,18,21)(H2,19,22). The quantitative estimate of drug-likeness (QED) is 0.788. The van der Waals surface area contributed by atoms with E-state index in [-0.39, 0.29) is 11.3 Å². The smallest absolute Gasteiger partial charge is 0.267 e. The molecule has 4 N–H and O–H groups in total. The van der Waals surface area contributed by atoms with Crippen molar-refractivity contribution in [2.45, 2.75) is 12.8 Å². The van der Waals surface area contributed by atoms with Gasteiger partial charge in [-0.2, -0.15) is 0 Å². The van der Waals surface area contributed by atoms with Gasteiger partial charge in [0.05, 0.1) is 19.8 Å². The molecular formula is C17H19N3O4. The Labute approximate surface area is 139 Å². The first-order valence-electron chi connectivity index (χ1n) is 7.25. The van der Waals surface area contributed by atoms with Crippen LogP contribution in [-0.2, 0) is 12.8 Å². The number of nitrogens with two attached hydrogens (primary N) is 2. The molecule has 0 unspecified atom stereocenters. The molecule has 0 aliphatic carbocycles. The predicted molar refractivity (Wildman–Crippen MR) is 88.2 cm³/mol. The fourth-order valence-corrected chi connectivity index (χ4v) is 2.37. The molecule has 2 amide bonds. The number of aryl methyl sites for hydroxylation is 2. The molecule has 0 spiro atoms. The van der Waals surface area contributed by atoms with E-state index in [2.05, 4.69) is 4.98 Å². The first kappa shape index (κ1) is 17.3. The van der Waals surface area contributed by atoms with Gasteiger partial charge in [-0.15, -0.1) is 0 Å². The zero-order chi connectivity index (χ0) is 17.7. The first-order chi connectivity index (χ1) is 11.5. The summed E-state index contributed by atoms with van der Waals surface area (Å²) in [6, 6.07) is 7.11. The number of aromatic nitrogens is 1. The van der Waals surface area contributed by atoms with E-state index in [9.17, 15) is 9.59 Å². The number of carbonyl (C=O) groups excluding carboxylic acids is 2. The van der Waals surface area contributed by atoms with Crippen molar-refractivity contribution in [1.29, 1.82) is 0 Å². The topological polar surface area (TPSA) is 118 Å². The zero-order valence-corrected chi connectivity index (χ0v) is 13.5. The first-order valence-corrected chi connectivity index (χ1v) is 7.25. The highest BCUT2D eigenvalue weighted by molar-refractivity contribution is 5.96. The summed E-state index contributed by atoms with van der Waals surface area (Å²) in [5.74, 6) is 0.00447. The summed E-state index contributed by atoms with van der Waals surface area (Å²) in [6.45, 7) is 0. The number of primary amides is 2. The van der Waals surface area contributed by atoms with Gasteiger partial charge in [0.1, 0.15) is 5.69 Å². The molecule has 1 heterocycles. The van der Waals surface area contributed by atoms with Crippen molar-refractivity contribution in [3.63, 3.8) is 0 Å². The van der Waals surface area contributed by atoms with Crippen LogP contribution in [0.25, 0.3) is 0 Å². The maximum absolute atomic E-state index is 11.5. The summed E-state index contributed by atoms with van der Waals surface area (Å²) in [5.41, 5.74) is 12.5. The molecule has 2 aromatic rings. The Balaban J connectivity index is 2.26. The molecular weight excluding hydrogens is 310 g/mol. The SMILES string of the molecule is COc1ccc(CCc2cc(C(N)=O)cnc2C(N)=O)cc1OC. The lowest BCUT2D eigenvalue weighted by Gasteiger charge is -2.11. The third kappa shape index (κ3) is 3.81. The number of benzene rings is 1. The van der Waals surface area contributed by atoms with E-state index in [1.807, 2.05) is 12.1 Å². The van der Waals surface area contributed by atoms with E-state index in [1.165, 1.54) is 6.20 Å². The largest absolute Gasteiger partial charge is 0.493 e. The Kier molecular flexibility index (Phi) is 5.36. The van der Waals surface area contributed by atoms with Gasteiger partial charge in [0.2, 0.25) is 5.91 Å². The van der Waals surface area contributed by atoms with Crippen LogP contribution < -0.4 is 20.9 Å². The van der Waals surface area contributed by atoms with Crippen molar-refractivity contribution in [2.75, 3.05) is 14.2 Å². The molecule has 24 heavy (non-hydrogen) atoms. The van der Waals surface area contributed by atoms with Crippen molar-refractivity contribution < 1.29 is 19.1 Å². The van der Waals surface area contributed by atoms with E-state index >= 15 is 0 Å². The average molecular weight is 329 g/mol. The highest BCUT2D eigenvalue weighted by atomic mass is 16.5. The molecule has 0 fully saturated rings. The van der Waals surface area contributed by atoms with Crippen LogP contribution in [-0.4, -0.2) is 31.0 Å². The highest BCUT2D eigenvalue weighted by Gasteiger charge is 2.13. The number of nitrogens with zero attached hydrogens (tertiary/aromatic N) is 1. The lowest BCUT2D eigenvalue weighted by molar-refractivity contribution is 0.0983. The molecule has 7 nitrogen and oxygen atoms in total. The molecule has 0 saturated carbocycles. The van der Waals surface area contributed by atoms with Gasteiger partial charge in [0.15, 0.2) is 11.5 Å². The van der Waals surface area contributed by atoms with E-state index in [0.717, 1.165) is 5.56 Å². The molecule has 1 aromatic heterocycles. The summed E-state index contributed by atoms with van der Waals surface area (Å²) in [5, 5.41) is 0. The second-order valence-corrected chi connectivity index (χ2v) is 5.15. The second kappa shape index (κ2) is 7.45. The van der Waals surface area contributed by atoms with Crippen LogP contribution in [0.3, 0.4) is 0 Å². The molecule has 2 rings (SSSR count). The fraction of sp³-hybridized carbons (Fsp3) is 0.235. The van der Waals surface area contributed by atoms with Gasteiger partial charge < -0.3 is 20.9 Å². The van der Waals surface area contributed by atoms with Gasteiger partial charge in [0.25, 0.3) is 5.91 Å². The van der Waals surface area contributed by atoms with Crippen LogP contribution in [0.2, 0.25) is 0 Å². The summed E-state index contributed by atoms with van der Waals surface area (Å²) in [7, 11) is 3.13. The van der Waals surface area contributed by atoms with Gasteiger partial charge in [-0.05, 0) is 42.2 Å². The summed E-state index contributed by atoms with van der Waals surface area (Å²) in [4.78, 5) is 26.8. The van der Waals surface area contributed by atoms with Crippen molar-refractivity contribution in [1.82, 2.24) is 4.98 Å². The van der Waals surface area contributed by atoms with Crippen molar-refractivity contribution in [3.8, 4) is 11.5 Å². The van der Waals surface area contributed by atoms with Crippen LogP contribution in [0.5, 0.6) is 11.5 Å². The predicted octanol–water partition coefficient (Wildman–Crippen LogP) is 1.08. The average Bonchev–Trinajstić information content (AvgIpc) is 2.59. The van der Waals surface area contributed by atoms with Crippen molar-refractivity contribution >= 4 is 11.8 Å². The van der Waals surface area contributed by atoms with Gasteiger partial charge >= 0.3 is 0 Å². The number of amides is 2. The number of carbonyl (C=O) groups is 2. The van der Waals surface area contributed by atoms with E-state index < -0.39 is 11.8 Å². The summed E-state index contributed by atoms with van der Waals surface area (Å²) >= 11 is 0. The number of methoxy groups -OCH3 is 2.